The Kier molecular flexibility index (Phi) is 9.13. The monoisotopic (exact) mass is 366 g/mol. The third kappa shape index (κ3) is 6.09. The summed E-state index contributed by atoms with van der Waals surface area (Å²) in [6.45, 7) is 8.67. The predicted molar refractivity (Wildman–Crippen MR) is 104 cm³/mol. The zero-order chi connectivity index (χ0) is 18.9. The van der Waals surface area contributed by atoms with Gasteiger partial charge in [0, 0.05) is 12.2 Å². The quantitative estimate of drug-likeness (QED) is 0.293. The van der Waals surface area contributed by atoms with Crippen LogP contribution in [0.4, 0.5) is 0 Å². The van der Waals surface area contributed by atoms with Crippen molar-refractivity contribution < 1.29 is 19.4 Å². The second-order valence-corrected chi connectivity index (χ2v) is 8.34. The molecule has 0 aromatic carbocycles. The maximum Gasteiger partial charge on any atom is 0.333 e. The molecule has 0 aromatic rings. The fourth-order valence-corrected chi connectivity index (χ4v) is 4.60. The Labute approximate surface area is 159 Å². The van der Waals surface area contributed by atoms with Gasteiger partial charge in [-0.05, 0) is 43.9 Å². The number of ether oxygens (including phenoxy) is 2. The van der Waals surface area contributed by atoms with E-state index in [9.17, 15) is 9.90 Å². The normalized spacial score (nSPS) is 29.9. The molecule has 26 heavy (non-hydrogen) atoms. The molecule has 0 aliphatic heterocycles. The van der Waals surface area contributed by atoms with Gasteiger partial charge in [-0.1, -0.05) is 58.4 Å². The van der Waals surface area contributed by atoms with Crippen LogP contribution >= 0.6 is 0 Å². The number of unbranched alkanes of at least 4 members (excludes halogenated alkanes) is 7. The molecular formula is C22H38O4. The van der Waals surface area contributed by atoms with E-state index in [1.54, 1.807) is 6.92 Å². The lowest BCUT2D eigenvalue weighted by Crippen LogP contribution is -2.40. The summed E-state index contributed by atoms with van der Waals surface area (Å²) in [6, 6.07) is 0. The summed E-state index contributed by atoms with van der Waals surface area (Å²) in [6.07, 6.45) is 11.9. The van der Waals surface area contributed by atoms with Crippen LogP contribution in [-0.2, 0) is 14.3 Å². The number of carbonyl (C=O) groups is 1. The van der Waals surface area contributed by atoms with Gasteiger partial charge in [-0.25, -0.2) is 4.79 Å². The highest BCUT2D eigenvalue weighted by Gasteiger charge is 2.52. The minimum absolute atomic E-state index is 0.0161. The van der Waals surface area contributed by atoms with Crippen LogP contribution in [0, 0.1) is 17.8 Å². The van der Waals surface area contributed by atoms with E-state index in [-0.39, 0.29) is 23.9 Å². The van der Waals surface area contributed by atoms with E-state index in [1.165, 1.54) is 44.9 Å². The van der Waals surface area contributed by atoms with Crippen molar-refractivity contribution in [1.82, 2.24) is 0 Å². The molecule has 2 rings (SSSR count). The largest absolute Gasteiger partial charge is 0.462 e. The molecule has 2 fully saturated rings. The minimum Gasteiger partial charge on any atom is -0.462 e. The molecule has 2 bridgehead atoms. The zero-order valence-corrected chi connectivity index (χ0v) is 16.8. The number of aliphatic hydroxyl groups is 1. The minimum atomic E-state index is -0.406. The summed E-state index contributed by atoms with van der Waals surface area (Å²) in [5.74, 6) is 0.560. The van der Waals surface area contributed by atoms with Gasteiger partial charge in [-0.3, -0.25) is 0 Å². The Morgan fingerprint density at radius 1 is 1.08 bits per heavy atom. The Balaban J connectivity index is 1.56. The van der Waals surface area contributed by atoms with E-state index in [0.717, 1.165) is 25.9 Å². The summed E-state index contributed by atoms with van der Waals surface area (Å²) >= 11 is 0. The topological polar surface area (TPSA) is 55.8 Å². The number of rotatable bonds is 13. The van der Waals surface area contributed by atoms with Crippen LogP contribution < -0.4 is 0 Å². The van der Waals surface area contributed by atoms with Crippen molar-refractivity contribution in [3.63, 3.8) is 0 Å². The SMILES string of the molecule is C=C(C)C(=O)OCC1CC2CC1C(O)C2OCCCCCCCCCC. The van der Waals surface area contributed by atoms with E-state index in [0.29, 0.717) is 18.1 Å². The number of hydrogen-bond acceptors (Lipinski definition) is 4. The average molecular weight is 367 g/mol. The first-order valence-corrected chi connectivity index (χ1v) is 10.7. The molecule has 5 unspecified atom stereocenters. The summed E-state index contributed by atoms with van der Waals surface area (Å²) in [7, 11) is 0. The lowest BCUT2D eigenvalue weighted by atomic mass is 9.85. The van der Waals surface area contributed by atoms with Gasteiger partial charge in [-0.15, -0.1) is 0 Å². The van der Waals surface area contributed by atoms with Gasteiger partial charge < -0.3 is 14.6 Å². The van der Waals surface area contributed by atoms with Gasteiger partial charge >= 0.3 is 5.97 Å². The van der Waals surface area contributed by atoms with Crippen molar-refractivity contribution in [3.8, 4) is 0 Å². The Hall–Kier alpha value is -0.870. The molecular weight excluding hydrogens is 328 g/mol. The van der Waals surface area contributed by atoms with Crippen LogP contribution in [0.3, 0.4) is 0 Å². The van der Waals surface area contributed by atoms with Crippen LogP contribution in [-0.4, -0.2) is 36.5 Å². The summed E-state index contributed by atoms with van der Waals surface area (Å²) in [4.78, 5) is 11.5. The smallest absolute Gasteiger partial charge is 0.333 e. The second kappa shape index (κ2) is 11.1. The molecule has 5 atom stereocenters. The van der Waals surface area contributed by atoms with Gasteiger partial charge in [0.1, 0.15) is 0 Å². The highest BCUT2D eigenvalue weighted by Crippen LogP contribution is 2.49. The van der Waals surface area contributed by atoms with Crippen LogP contribution in [0.5, 0.6) is 0 Å². The maximum absolute atomic E-state index is 11.5. The third-order valence-electron chi connectivity index (χ3n) is 6.11. The number of fused-ring (bicyclic) bond motifs is 2. The van der Waals surface area contributed by atoms with Gasteiger partial charge in [-0.2, -0.15) is 0 Å². The van der Waals surface area contributed by atoms with Crippen LogP contribution in [0.15, 0.2) is 12.2 Å². The van der Waals surface area contributed by atoms with Crippen molar-refractivity contribution in [2.75, 3.05) is 13.2 Å². The second-order valence-electron chi connectivity index (χ2n) is 8.34. The number of hydrogen-bond donors (Lipinski definition) is 1. The number of carbonyl (C=O) groups excluding carboxylic acids is 1. The molecule has 4 nitrogen and oxygen atoms in total. The molecule has 0 saturated heterocycles. The van der Waals surface area contributed by atoms with Crippen molar-refractivity contribution in [2.45, 2.75) is 90.3 Å². The molecule has 0 radical (unpaired) electrons. The Morgan fingerprint density at radius 3 is 2.35 bits per heavy atom. The standard InChI is InChI=1S/C22H38O4/c1-4-5-6-7-8-9-10-11-12-25-21-17-13-18(19(14-17)20(21)23)15-26-22(24)16(2)3/h17-21,23H,2,4-15H2,1,3H3. The molecule has 2 saturated carbocycles. The summed E-state index contributed by atoms with van der Waals surface area (Å²) in [5.41, 5.74) is 0.431. The molecule has 1 N–H and O–H groups in total. The summed E-state index contributed by atoms with van der Waals surface area (Å²) in [5, 5.41) is 10.6. The van der Waals surface area contributed by atoms with Crippen molar-refractivity contribution in [2.24, 2.45) is 17.8 Å². The Bertz CT molecular complexity index is 445. The zero-order valence-electron chi connectivity index (χ0n) is 16.8. The van der Waals surface area contributed by atoms with Gasteiger partial charge in [0.2, 0.25) is 0 Å². The number of aliphatic hydroxyl groups excluding tert-OH is 1. The maximum atomic E-state index is 11.5. The van der Waals surface area contributed by atoms with Gasteiger partial charge in [0.05, 0.1) is 18.8 Å². The fourth-order valence-electron chi connectivity index (χ4n) is 4.60. The van der Waals surface area contributed by atoms with E-state index in [4.69, 9.17) is 9.47 Å². The molecule has 0 heterocycles. The van der Waals surface area contributed by atoms with Crippen LogP contribution in [0.2, 0.25) is 0 Å². The highest BCUT2D eigenvalue weighted by atomic mass is 16.5. The van der Waals surface area contributed by atoms with Gasteiger partial charge in [0.25, 0.3) is 0 Å². The third-order valence-corrected chi connectivity index (χ3v) is 6.11. The first-order chi connectivity index (χ1) is 12.5. The molecule has 0 amide bonds. The lowest BCUT2D eigenvalue weighted by Gasteiger charge is -2.32. The first-order valence-electron chi connectivity index (χ1n) is 10.7. The van der Waals surface area contributed by atoms with E-state index in [1.807, 2.05) is 0 Å². The predicted octanol–water partition coefficient (Wildman–Crippen LogP) is 4.65. The van der Waals surface area contributed by atoms with Crippen molar-refractivity contribution >= 4 is 5.97 Å². The fraction of sp³-hybridized carbons (Fsp3) is 0.864. The molecule has 150 valence electrons. The molecule has 4 heteroatoms. The molecule has 0 aromatic heterocycles. The van der Waals surface area contributed by atoms with E-state index >= 15 is 0 Å². The highest BCUT2D eigenvalue weighted by molar-refractivity contribution is 5.86. The first kappa shape index (κ1) is 21.4. The average Bonchev–Trinajstić information content (AvgIpc) is 3.16. The lowest BCUT2D eigenvalue weighted by molar-refractivity contribution is -0.142. The number of esters is 1. The summed E-state index contributed by atoms with van der Waals surface area (Å²) < 4.78 is 11.3. The van der Waals surface area contributed by atoms with Crippen LogP contribution in [0.1, 0.15) is 78.1 Å². The molecule has 2 aliphatic carbocycles. The molecule has 2 aliphatic rings. The van der Waals surface area contributed by atoms with Crippen LogP contribution in [0.25, 0.3) is 0 Å². The molecule has 0 spiro atoms. The van der Waals surface area contributed by atoms with Gasteiger partial charge in [0.15, 0.2) is 0 Å². The van der Waals surface area contributed by atoms with Crippen molar-refractivity contribution in [1.29, 1.82) is 0 Å². The Morgan fingerprint density at radius 2 is 1.73 bits per heavy atom. The van der Waals surface area contributed by atoms with Crippen molar-refractivity contribution in [3.05, 3.63) is 12.2 Å². The van der Waals surface area contributed by atoms with E-state index in [2.05, 4.69) is 13.5 Å². The van der Waals surface area contributed by atoms with E-state index < -0.39 is 6.10 Å².